The molecule has 2 rings (SSSR count). The first-order valence-electron chi connectivity index (χ1n) is 22.7. The SMILES string of the molecule is CCN(CC)[P+](NC)(N(CC)CC)N(CC)CC.CCN(CC)[P+](NC1N(C)CCN1C)(N(CC)CC)N(CC)CC.CN(C)C(NC1N(C)CCN1C)N(C)C.[Br-].[Cl-].[Cl-]. The molecule has 15 nitrogen and oxygen atoms in total. The van der Waals surface area contributed by atoms with Gasteiger partial charge in [-0.3, -0.25) is 34.7 Å². The Kier molecular flexibility index (Phi) is 40.2. The van der Waals surface area contributed by atoms with E-state index in [2.05, 4.69) is 219 Å². The van der Waals surface area contributed by atoms with Crippen molar-refractivity contribution in [3.05, 3.63) is 0 Å². The summed E-state index contributed by atoms with van der Waals surface area (Å²) in [6.07, 6.45) is 0.901. The first kappa shape index (κ1) is 67.9. The van der Waals surface area contributed by atoms with E-state index in [4.69, 9.17) is 0 Å². The topological polar surface area (TPSA) is 75.0 Å². The lowest BCUT2D eigenvalue weighted by Gasteiger charge is -2.47. The van der Waals surface area contributed by atoms with Crippen molar-refractivity contribution in [2.45, 2.75) is 102 Å². The molecule has 0 spiro atoms. The van der Waals surface area contributed by atoms with E-state index in [0.717, 1.165) is 105 Å². The fourth-order valence-corrected chi connectivity index (χ4v) is 17.7. The predicted octanol–water partition coefficient (Wildman–Crippen LogP) is -4.50. The van der Waals surface area contributed by atoms with E-state index in [1.807, 2.05) is 0 Å². The Balaban J connectivity index is -0.000000393. The second-order valence-corrected chi connectivity index (χ2v) is 21.8. The first-order chi connectivity index (χ1) is 27.0. The summed E-state index contributed by atoms with van der Waals surface area (Å²) in [5.74, 6) is 0. The smallest absolute Gasteiger partial charge is 0.308 e. The van der Waals surface area contributed by atoms with Crippen LogP contribution in [0.15, 0.2) is 0 Å². The van der Waals surface area contributed by atoms with Gasteiger partial charge in [0, 0.05) is 112 Å². The monoisotopic (exact) mass is 1000 g/mol. The van der Waals surface area contributed by atoms with Gasteiger partial charge in [0.05, 0.1) is 0 Å². The van der Waals surface area contributed by atoms with Crippen LogP contribution in [0.1, 0.15) is 83.1 Å². The van der Waals surface area contributed by atoms with Crippen LogP contribution in [0.5, 0.6) is 0 Å². The van der Waals surface area contributed by atoms with Gasteiger partial charge in [0.2, 0.25) is 0 Å². The maximum Gasteiger partial charge on any atom is 0.308 e. The number of nitrogens with zero attached hydrogens (tertiary/aromatic N) is 12. The largest absolute Gasteiger partial charge is 1.00 e. The second-order valence-electron chi connectivity index (χ2n) is 15.5. The number of halogens is 3. The van der Waals surface area contributed by atoms with Crippen molar-refractivity contribution in [2.24, 2.45) is 0 Å². The highest BCUT2D eigenvalue weighted by atomic mass is 79.9. The predicted molar refractivity (Wildman–Crippen MR) is 256 cm³/mol. The fraction of sp³-hybridized carbons (Fsp3) is 1.00. The molecule has 2 aliphatic heterocycles. The van der Waals surface area contributed by atoms with Crippen molar-refractivity contribution in [1.82, 2.24) is 72.9 Å². The van der Waals surface area contributed by atoms with Gasteiger partial charge in [0.15, 0.2) is 6.29 Å². The van der Waals surface area contributed by atoms with Crippen LogP contribution in [0, 0.1) is 0 Å². The van der Waals surface area contributed by atoms with Crippen molar-refractivity contribution in [1.29, 1.82) is 0 Å². The maximum atomic E-state index is 4.18. The highest BCUT2D eigenvalue weighted by molar-refractivity contribution is 7.67. The molecule has 0 aromatic heterocycles. The van der Waals surface area contributed by atoms with Gasteiger partial charge in [-0.25, -0.2) is 0 Å². The summed E-state index contributed by atoms with van der Waals surface area (Å²) < 4.78 is 15.9. The molecule has 0 aromatic rings. The Morgan fingerprint density at radius 3 is 0.850 bits per heavy atom. The number of hydrogen-bond donors (Lipinski definition) is 3. The third-order valence-corrected chi connectivity index (χ3v) is 21.2. The van der Waals surface area contributed by atoms with Crippen LogP contribution in [0.25, 0.3) is 0 Å². The summed E-state index contributed by atoms with van der Waals surface area (Å²) in [5, 5.41) is 11.5. The quantitative estimate of drug-likeness (QED) is 0.0609. The molecule has 60 heavy (non-hydrogen) atoms. The molecule has 3 N–H and O–H groups in total. The highest BCUT2D eigenvalue weighted by Gasteiger charge is 2.57. The van der Waals surface area contributed by atoms with E-state index in [1.165, 1.54) is 0 Å². The van der Waals surface area contributed by atoms with Crippen molar-refractivity contribution < 1.29 is 41.8 Å². The van der Waals surface area contributed by atoms with Crippen molar-refractivity contribution in [2.75, 3.05) is 168 Å². The zero-order valence-electron chi connectivity index (χ0n) is 42.9. The van der Waals surface area contributed by atoms with E-state index >= 15 is 0 Å². The van der Waals surface area contributed by atoms with Crippen LogP contribution in [-0.2, 0) is 0 Å². The van der Waals surface area contributed by atoms with Gasteiger partial charge in [-0.05, 0) is 139 Å². The number of rotatable bonds is 25. The standard InChI is InChI=1S/C17H42N6P.C13H34N4P.C10H25N5.BrH.2ClH/c1-9-21(10-2)24(22(11-3)12-4,23(13-5)14-6)18-17-19(7)15-16-20(17)8;1-8-15(9-2)18(14-7,16(10-3)11-4)17(12-5)13-6;1-12(2)9(13(3)4)11-10-14(5)7-8-15(10)6;;;/h17-18H,9-16H2,1-8H3;14H,8-13H2,1-7H3;9-11H,7-8H2,1-6H3;3*1H/q2*+1;;;;/p-3. The van der Waals surface area contributed by atoms with Crippen LogP contribution in [0.2, 0.25) is 0 Å². The summed E-state index contributed by atoms with van der Waals surface area (Å²) in [6.45, 7) is 44.9. The average molecular weight is 1010 g/mol. The minimum absolute atomic E-state index is 0. The third-order valence-electron chi connectivity index (χ3n) is 11.9. The molecule has 2 heterocycles. The van der Waals surface area contributed by atoms with Crippen LogP contribution in [0.4, 0.5) is 0 Å². The summed E-state index contributed by atoms with van der Waals surface area (Å²) in [4.78, 5) is 13.9. The molecular weight excluding hydrogens is 903 g/mol. The van der Waals surface area contributed by atoms with E-state index < -0.39 is 15.7 Å². The normalized spacial score (nSPS) is 16.7. The van der Waals surface area contributed by atoms with Crippen molar-refractivity contribution in [3.63, 3.8) is 0 Å². The molecule has 0 radical (unpaired) electrons. The molecule has 0 atom stereocenters. The zero-order chi connectivity index (χ0) is 44.1. The lowest BCUT2D eigenvalue weighted by molar-refractivity contribution is -0.00100. The van der Waals surface area contributed by atoms with Gasteiger partial charge in [0.1, 0.15) is 12.6 Å². The Hall–Kier alpha value is 1.32. The highest BCUT2D eigenvalue weighted by Crippen LogP contribution is 2.64. The van der Waals surface area contributed by atoms with Gasteiger partial charge < -0.3 is 41.8 Å². The van der Waals surface area contributed by atoms with E-state index in [0.29, 0.717) is 12.6 Å². The lowest BCUT2D eigenvalue weighted by atomic mass is 10.5. The molecule has 0 bridgehead atoms. The van der Waals surface area contributed by atoms with E-state index in [-0.39, 0.29) is 48.1 Å². The molecule has 2 aliphatic rings. The van der Waals surface area contributed by atoms with E-state index in [9.17, 15) is 0 Å². The number of likely N-dealkylation sites (N-methyl/N-ethyl adjacent to an activating group) is 4. The molecule has 368 valence electrons. The minimum Gasteiger partial charge on any atom is -1.00 e. The first-order valence-corrected chi connectivity index (χ1v) is 26.0. The molecule has 20 heteroatoms. The third kappa shape index (κ3) is 17.5. The van der Waals surface area contributed by atoms with Gasteiger partial charge in [-0.2, -0.15) is 0 Å². The molecule has 0 aliphatic carbocycles. The number of nitrogens with one attached hydrogen (secondary N) is 3. The average Bonchev–Trinajstić information content (AvgIpc) is 3.69. The van der Waals surface area contributed by atoms with Crippen LogP contribution < -0.4 is 57.3 Å². The Labute approximate surface area is 398 Å². The zero-order valence-corrected chi connectivity index (χ0v) is 47.8. The lowest BCUT2D eigenvalue weighted by Crippen LogP contribution is -3.00. The molecule has 0 amide bonds. The molecule has 0 aromatic carbocycles. The Morgan fingerprint density at radius 2 is 0.650 bits per heavy atom. The second kappa shape index (κ2) is 35.5. The van der Waals surface area contributed by atoms with Crippen molar-refractivity contribution >= 4 is 15.7 Å². The summed E-state index contributed by atoms with van der Waals surface area (Å²) in [5.41, 5.74) is 0. The van der Waals surface area contributed by atoms with Gasteiger partial charge in [0.25, 0.3) is 0 Å². The van der Waals surface area contributed by atoms with Crippen LogP contribution >= 0.6 is 15.7 Å². The molecule has 2 fully saturated rings. The van der Waals surface area contributed by atoms with Crippen LogP contribution in [0.3, 0.4) is 0 Å². The Morgan fingerprint density at radius 1 is 0.433 bits per heavy atom. The van der Waals surface area contributed by atoms with E-state index in [1.54, 1.807) is 0 Å². The van der Waals surface area contributed by atoms with Crippen molar-refractivity contribution in [3.8, 4) is 0 Å². The van der Waals surface area contributed by atoms with Gasteiger partial charge >= 0.3 is 15.7 Å². The fourth-order valence-electron chi connectivity index (χ4n) is 8.74. The molecule has 2 saturated heterocycles. The molecule has 0 unspecified atom stereocenters. The molecule has 0 saturated carbocycles. The van der Waals surface area contributed by atoms with Gasteiger partial charge in [-0.15, -0.1) is 38.2 Å². The summed E-state index contributed by atoms with van der Waals surface area (Å²) in [6, 6.07) is 0. The summed E-state index contributed by atoms with van der Waals surface area (Å²) >= 11 is 0. The minimum atomic E-state index is -1.78. The Bertz CT molecular complexity index is 906. The number of hydrogen-bond acceptors (Lipinski definition) is 15. The maximum absolute atomic E-state index is 4.18. The van der Waals surface area contributed by atoms with Crippen LogP contribution in [-0.4, -0.2) is 244 Å². The van der Waals surface area contributed by atoms with Gasteiger partial charge in [-0.1, -0.05) is 0 Å². The molecular formula is C40H101BrCl2N15P2-. The summed E-state index contributed by atoms with van der Waals surface area (Å²) in [7, 11) is 15.9.